The number of hydrogen-bond acceptors (Lipinski definition) is 6. The van der Waals surface area contributed by atoms with E-state index in [4.69, 9.17) is 14.2 Å². The fraction of sp³-hybridized carbons (Fsp3) is 0.294. The number of thiazole rings is 1. The Balaban J connectivity index is 2.09. The van der Waals surface area contributed by atoms with E-state index in [-0.39, 0.29) is 11.9 Å². The molecule has 7 heteroatoms. The van der Waals surface area contributed by atoms with Crippen LogP contribution in [-0.4, -0.2) is 31.2 Å². The van der Waals surface area contributed by atoms with Crippen molar-refractivity contribution in [2.75, 3.05) is 14.2 Å². The zero-order valence-corrected chi connectivity index (χ0v) is 14.7. The predicted octanol–water partition coefficient (Wildman–Crippen LogP) is 2.83. The van der Waals surface area contributed by atoms with E-state index in [0.29, 0.717) is 22.4 Å². The molecule has 1 N–H and O–H groups in total. The molecule has 1 atom stereocenters. The van der Waals surface area contributed by atoms with Gasteiger partial charge >= 0.3 is 0 Å². The van der Waals surface area contributed by atoms with Crippen molar-refractivity contribution >= 4 is 17.2 Å². The van der Waals surface area contributed by atoms with Gasteiger partial charge in [-0.25, -0.2) is 4.98 Å². The van der Waals surface area contributed by atoms with Gasteiger partial charge in [-0.3, -0.25) is 4.79 Å². The van der Waals surface area contributed by atoms with Crippen LogP contribution in [0.2, 0.25) is 0 Å². The van der Waals surface area contributed by atoms with E-state index in [1.165, 1.54) is 18.3 Å². The van der Waals surface area contributed by atoms with Gasteiger partial charge in [0.1, 0.15) is 22.1 Å². The van der Waals surface area contributed by atoms with Gasteiger partial charge in [-0.05, 0) is 6.92 Å². The van der Waals surface area contributed by atoms with Crippen LogP contribution in [-0.2, 0) is 4.79 Å². The molecule has 0 aliphatic heterocycles. The number of carbonyl (C=O) groups is 1. The quantitative estimate of drug-likeness (QED) is 0.843. The number of ether oxygens (including phenoxy) is 3. The van der Waals surface area contributed by atoms with Gasteiger partial charge in [-0.1, -0.05) is 23.2 Å². The van der Waals surface area contributed by atoms with Crippen LogP contribution >= 0.6 is 11.3 Å². The summed E-state index contributed by atoms with van der Waals surface area (Å²) in [5, 5.41) is 3.16. The molecule has 0 aliphatic rings. The lowest BCUT2D eigenvalue weighted by Gasteiger charge is -2.07. The van der Waals surface area contributed by atoms with Gasteiger partial charge in [-0.2, -0.15) is 0 Å². The first kappa shape index (κ1) is 17.6. The minimum Gasteiger partial charge on any atom is -0.496 e. The molecule has 2 aromatic rings. The highest BCUT2D eigenvalue weighted by molar-refractivity contribution is 7.13. The van der Waals surface area contributed by atoms with E-state index in [1.54, 1.807) is 38.6 Å². The summed E-state index contributed by atoms with van der Waals surface area (Å²) in [6.07, 6.45) is 1.63. The lowest BCUT2D eigenvalue weighted by atomic mass is 10.3. The Labute approximate surface area is 144 Å². The molecule has 1 unspecified atom stereocenters. The highest BCUT2D eigenvalue weighted by Gasteiger charge is 2.07. The lowest BCUT2D eigenvalue weighted by molar-refractivity contribution is -0.119. The van der Waals surface area contributed by atoms with Crippen LogP contribution in [0, 0.1) is 11.8 Å². The van der Waals surface area contributed by atoms with Crippen LogP contribution < -0.4 is 19.5 Å². The van der Waals surface area contributed by atoms with Crippen molar-refractivity contribution in [1.82, 2.24) is 10.3 Å². The Hall–Kier alpha value is -2.72. The smallest absolute Gasteiger partial charge is 0.279 e. The van der Waals surface area contributed by atoms with Crippen molar-refractivity contribution in [2.45, 2.75) is 19.9 Å². The molecular formula is C17H18N2O4S. The summed E-state index contributed by atoms with van der Waals surface area (Å²) in [6.45, 7) is 3.27. The zero-order valence-electron chi connectivity index (χ0n) is 13.9. The third-order valence-corrected chi connectivity index (χ3v) is 3.64. The first-order valence-electron chi connectivity index (χ1n) is 7.15. The Morgan fingerprint density at radius 2 is 1.83 bits per heavy atom. The van der Waals surface area contributed by atoms with E-state index >= 15 is 0 Å². The third-order valence-electron chi connectivity index (χ3n) is 2.85. The van der Waals surface area contributed by atoms with Gasteiger partial charge in [-0.15, -0.1) is 0 Å². The van der Waals surface area contributed by atoms with E-state index in [2.05, 4.69) is 22.1 Å². The van der Waals surface area contributed by atoms with Crippen molar-refractivity contribution in [1.29, 1.82) is 0 Å². The molecule has 0 saturated heterocycles. The van der Waals surface area contributed by atoms with Crippen LogP contribution in [0.5, 0.6) is 22.4 Å². The van der Waals surface area contributed by atoms with E-state index in [1.807, 2.05) is 6.92 Å². The molecule has 2 rings (SSSR count). The number of amides is 1. The second kappa shape index (κ2) is 8.22. The molecule has 0 spiro atoms. The van der Waals surface area contributed by atoms with Crippen LogP contribution in [0.1, 0.15) is 18.7 Å². The van der Waals surface area contributed by atoms with Gasteiger partial charge in [0, 0.05) is 25.1 Å². The van der Waals surface area contributed by atoms with Crippen molar-refractivity contribution in [3.63, 3.8) is 0 Å². The SMILES string of the molecule is COc1cc(OC)cc(Oc2ncc(C#CC(C)NC(C)=O)s2)c1. The van der Waals surface area contributed by atoms with Gasteiger partial charge < -0.3 is 19.5 Å². The monoisotopic (exact) mass is 346 g/mol. The van der Waals surface area contributed by atoms with Crippen molar-refractivity contribution in [3.05, 3.63) is 29.3 Å². The molecule has 0 bridgehead atoms. The van der Waals surface area contributed by atoms with E-state index in [9.17, 15) is 4.79 Å². The van der Waals surface area contributed by atoms with Gasteiger partial charge in [0.25, 0.3) is 5.19 Å². The summed E-state index contributed by atoms with van der Waals surface area (Å²) >= 11 is 1.31. The summed E-state index contributed by atoms with van der Waals surface area (Å²) in [4.78, 5) is 15.9. The number of benzene rings is 1. The molecule has 1 aromatic heterocycles. The average molecular weight is 346 g/mol. The number of aromatic nitrogens is 1. The molecule has 1 heterocycles. The molecule has 1 aromatic carbocycles. The maximum Gasteiger partial charge on any atom is 0.279 e. The highest BCUT2D eigenvalue weighted by atomic mass is 32.1. The number of methoxy groups -OCH3 is 2. The summed E-state index contributed by atoms with van der Waals surface area (Å²) in [7, 11) is 3.15. The fourth-order valence-corrected chi connectivity index (χ4v) is 2.47. The Morgan fingerprint density at radius 3 is 2.42 bits per heavy atom. The van der Waals surface area contributed by atoms with Gasteiger partial charge in [0.2, 0.25) is 5.91 Å². The first-order chi connectivity index (χ1) is 11.5. The van der Waals surface area contributed by atoms with Crippen LogP contribution in [0.15, 0.2) is 24.4 Å². The van der Waals surface area contributed by atoms with Gasteiger partial charge in [0.15, 0.2) is 0 Å². The number of nitrogens with zero attached hydrogens (tertiary/aromatic N) is 1. The highest BCUT2D eigenvalue weighted by Crippen LogP contribution is 2.32. The van der Waals surface area contributed by atoms with Crippen molar-refractivity contribution in [2.24, 2.45) is 0 Å². The van der Waals surface area contributed by atoms with Crippen LogP contribution in [0.4, 0.5) is 0 Å². The minimum atomic E-state index is -0.225. The third kappa shape index (κ3) is 5.18. The second-order valence-electron chi connectivity index (χ2n) is 4.83. The molecular weight excluding hydrogens is 328 g/mol. The first-order valence-corrected chi connectivity index (χ1v) is 7.97. The molecule has 0 fully saturated rings. The molecule has 0 radical (unpaired) electrons. The van der Waals surface area contributed by atoms with E-state index < -0.39 is 0 Å². The number of hydrogen-bond donors (Lipinski definition) is 1. The van der Waals surface area contributed by atoms with E-state index in [0.717, 1.165) is 4.88 Å². The predicted molar refractivity (Wildman–Crippen MR) is 91.9 cm³/mol. The van der Waals surface area contributed by atoms with Crippen LogP contribution in [0.3, 0.4) is 0 Å². The average Bonchev–Trinajstić information content (AvgIpc) is 2.99. The molecule has 24 heavy (non-hydrogen) atoms. The fourth-order valence-electron chi connectivity index (χ4n) is 1.82. The maximum absolute atomic E-state index is 10.9. The van der Waals surface area contributed by atoms with Gasteiger partial charge in [0.05, 0.1) is 26.5 Å². The Morgan fingerprint density at radius 1 is 1.21 bits per heavy atom. The topological polar surface area (TPSA) is 69.7 Å². The zero-order chi connectivity index (χ0) is 17.5. The Kier molecular flexibility index (Phi) is 6.04. The standard InChI is InChI=1S/C17H18N2O4S/c1-11(19-12(2)20)5-6-16-10-18-17(24-16)23-15-8-13(21-3)7-14(9-15)22-4/h7-11H,1-4H3,(H,19,20). The summed E-state index contributed by atoms with van der Waals surface area (Å²) in [5.41, 5.74) is 0. The number of rotatable bonds is 5. The van der Waals surface area contributed by atoms with Crippen molar-refractivity contribution in [3.8, 4) is 34.3 Å². The summed E-state index contributed by atoms with van der Waals surface area (Å²) in [6, 6.07) is 5.02. The van der Waals surface area contributed by atoms with Crippen LogP contribution in [0.25, 0.3) is 0 Å². The minimum absolute atomic E-state index is 0.114. The summed E-state index contributed by atoms with van der Waals surface area (Å²) < 4.78 is 16.1. The molecule has 0 aliphatic carbocycles. The van der Waals surface area contributed by atoms with Crippen molar-refractivity contribution < 1.29 is 19.0 Å². The lowest BCUT2D eigenvalue weighted by Crippen LogP contribution is -2.28. The normalized spacial score (nSPS) is 11.0. The Bertz CT molecular complexity index is 754. The largest absolute Gasteiger partial charge is 0.496 e. The second-order valence-corrected chi connectivity index (χ2v) is 5.83. The summed E-state index contributed by atoms with van der Waals surface area (Å²) in [5.74, 6) is 7.61. The maximum atomic E-state index is 10.9. The molecule has 1 amide bonds. The molecule has 126 valence electrons. The molecule has 6 nitrogen and oxygen atoms in total. The molecule has 0 saturated carbocycles. The number of nitrogens with one attached hydrogen (secondary N) is 1. The number of carbonyl (C=O) groups excluding carboxylic acids is 1.